The van der Waals surface area contributed by atoms with E-state index in [0.717, 1.165) is 23.4 Å². The van der Waals surface area contributed by atoms with E-state index in [0.29, 0.717) is 55.1 Å². The first-order valence-electron chi connectivity index (χ1n) is 12.1. The fraction of sp³-hybridized carbons (Fsp3) is 0.615. The minimum absolute atomic E-state index is 0.0565. The number of aliphatic hydroxyl groups excluding tert-OH is 2. The van der Waals surface area contributed by atoms with Crippen molar-refractivity contribution in [3.8, 4) is 0 Å². The molecule has 3 atom stereocenters. The third kappa shape index (κ3) is 3.87. The van der Waals surface area contributed by atoms with Gasteiger partial charge in [-0.1, -0.05) is 27.7 Å². The number of hydrogen-bond acceptors (Lipinski definition) is 6. The molecule has 2 N–H and O–H groups in total. The summed E-state index contributed by atoms with van der Waals surface area (Å²) in [6.45, 7) is 8.68. The monoisotopic (exact) mass is 492 g/mol. The van der Waals surface area contributed by atoms with Crippen LogP contribution >= 0.6 is 0 Å². The van der Waals surface area contributed by atoms with E-state index >= 15 is 0 Å². The van der Waals surface area contributed by atoms with Crippen molar-refractivity contribution in [1.82, 2.24) is 9.97 Å². The van der Waals surface area contributed by atoms with Crippen LogP contribution in [0.2, 0.25) is 0 Å². The number of halogens is 3. The van der Waals surface area contributed by atoms with Crippen molar-refractivity contribution in [3.63, 3.8) is 0 Å². The SMILES string of the molecule is CC(C)c1nc2c(c3c1[C@@H](c1ccc(C(F)(F)F)cn1)OC31CCOCC1)C(O)CC(C)(C)[C@@H]2O. The predicted molar refractivity (Wildman–Crippen MR) is 121 cm³/mol. The predicted octanol–water partition coefficient (Wildman–Crippen LogP) is 5.24. The normalized spacial score (nSPS) is 27.2. The first kappa shape index (κ1) is 24.6. The highest BCUT2D eigenvalue weighted by Crippen LogP contribution is 2.59. The van der Waals surface area contributed by atoms with Crippen molar-refractivity contribution in [1.29, 1.82) is 0 Å². The lowest BCUT2D eigenvalue weighted by Crippen LogP contribution is -2.38. The van der Waals surface area contributed by atoms with E-state index in [1.165, 1.54) is 6.07 Å². The maximum Gasteiger partial charge on any atom is 0.417 e. The second kappa shape index (κ2) is 8.23. The van der Waals surface area contributed by atoms with Crippen LogP contribution in [0, 0.1) is 5.41 Å². The van der Waals surface area contributed by atoms with Crippen LogP contribution in [0.25, 0.3) is 0 Å². The lowest BCUT2D eigenvalue weighted by atomic mass is 9.68. The first-order valence-corrected chi connectivity index (χ1v) is 12.1. The van der Waals surface area contributed by atoms with E-state index in [9.17, 15) is 23.4 Å². The Bertz CT molecular complexity index is 1120. The zero-order valence-corrected chi connectivity index (χ0v) is 20.3. The largest absolute Gasteiger partial charge is 0.417 e. The summed E-state index contributed by atoms with van der Waals surface area (Å²) in [7, 11) is 0. The standard InChI is InChI=1S/C26H31F3N2O4/c1-13(2)20-18-19(17-16(32)11-24(3,4)23(33)21(17)31-20)25(7-9-34-10-8-25)35-22(18)15-6-5-14(12-30-15)26(27,28)29/h5-6,12-13,16,22-23,32-33H,7-11H2,1-4H3/t16?,22-,23-/m1/s1. The van der Waals surface area contributed by atoms with E-state index in [4.69, 9.17) is 14.5 Å². The van der Waals surface area contributed by atoms with E-state index in [1.54, 1.807) is 0 Å². The van der Waals surface area contributed by atoms with Gasteiger partial charge in [0.2, 0.25) is 0 Å². The molecule has 0 amide bonds. The maximum absolute atomic E-state index is 13.2. The van der Waals surface area contributed by atoms with Crippen LogP contribution in [0.3, 0.4) is 0 Å². The lowest BCUT2D eigenvalue weighted by Gasteiger charge is -2.42. The number of nitrogens with zero attached hydrogens (tertiary/aromatic N) is 2. The van der Waals surface area contributed by atoms with Crippen molar-refractivity contribution in [3.05, 3.63) is 57.7 Å². The quantitative estimate of drug-likeness (QED) is 0.597. The van der Waals surface area contributed by atoms with Crippen molar-refractivity contribution in [2.75, 3.05) is 13.2 Å². The fourth-order valence-electron chi connectivity index (χ4n) is 5.82. The van der Waals surface area contributed by atoms with Crippen molar-refractivity contribution >= 4 is 0 Å². The molecular formula is C26H31F3N2O4. The summed E-state index contributed by atoms with van der Waals surface area (Å²) in [5, 5.41) is 22.6. The Morgan fingerprint density at radius 2 is 1.77 bits per heavy atom. The van der Waals surface area contributed by atoms with E-state index < -0.39 is 41.1 Å². The van der Waals surface area contributed by atoms with Crippen molar-refractivity contribution in [2.24, 2.45) is 5.41 Å². The van der Waals surface area contributed by atoms with Gasteiger partial charge in [-0.25, -0.2) is 0 Å². The van der Waals surface area contributed by atoms with Gasteiger partial charge >= 0.3 is 6.18 Å². The molecule has 1 unspecified atom stereocenters. The highest BCUT2D eigenvalue weighted by atomic mass is 19.4. The van der Waals surface area contributed by atoms with Gasteiger partial charge in [0, 0.05) is 49.1 Å². The summed E-state index contributed by atoms with van der Waals surface area (Å²) in [6, 6.07) is 2.37. The van der Waals surface area contributed by atoms with Gasteiger partial charge in [-0.3, -0.25) is 9.97 Å². The van der Waals surface area contributed by atoms with Crippen LogP contribution in [0.15, 0.2) is 18.3 Å². The molecule has 3 aliphatic rings. The molecule has 1 aliphatic carbocycles. The molecule has 5 rings (SSSR count). The number of fused-ring (bicyclic) bond motifs is 4. The molecule has 1 saturated heterocycles. The molecule has 6 nitrogen and oxygen atoms in total. The van der Waals surface area contributed by atoms with Gasteiger partial charge in [-0.05, 0) is 35.4 Å². The van der Waals surface area contributed by atoms with Gasteiger partial charge < -0.3 is 19.7 Å². The van der Waals surface area contributed by atoms with Gasteiger partial charge in [0.1, 0.15) is 12.2 Å². The number of alkyl halides is 3. The molecule has 1 spiro atoms. The summed E-state index contributed by atoms with van der Waals surface area (Å²) in [6.07, 6.45) is -4.72. The van der Waals surface area contributed by atoms with Crippen molar-refractivity contribution in [2.45, 2.75) is 83.0 Å². The van der Waals surface area contributed by atoms with E-state index in [2.05, 4.69) is 4.98 Å². The Kier molecular flexibility index (Phi) is 5.79. The minimum atomic E-state index is -4.49. The Hall–Kier alpha value is -2.07. The molecule has 0 bridgehead atoms. The highest BCUT2D eigenvalue weighted by molar-refractivity contribution is 5.54. The van der Waals surface area contributed by atoms with Crippen LogP contribution in [-0.4, -0.2) is 33.4 Å². The van der Waals surface area contributed by atoms with E-state index in [-0.39, 0.29) is 5.92 Å². The molecule has 9 heteroatoms. The molecular weight excluding hydrogens is 461 g/mol. The third-order valence-corrected chi connectivity index (χ3v) is 7.67. The molecule has 0 saturated carbocycles. The summed E-state index contributed by atoms with van der Waals surface area (Å²) in [5.74, 6) is -0.0565. The molecule has 2 aliphatic heterocycles. The van der Waals surface area contributed by atoms with Crippen LogP contribution in [0.5, 0.6) is 0 Å². The minimum Gasteiger partial charge on any atom is -0.388 e. The Morgan fingerprint density at radius 3 is 2.34 bits per heavy atom. The van der Waals surface area contributed by atoms with Gasteiger partial charge in [-0.2, -0.15) is 13.2 Å². The molecule has 1 fully saturated rings. The summed E-state index contributed by atoms with van der Waals surface area (Å²) >= 11 is 0. The Morgan fingerprint density at radius 1 is 1.09 bits per heavy atom. The topological polar surface area (TPSA) is 84.7 Å². The molecule has 35 heavy (non-hydrogen) atoms. The smallest absolute Gasteiger partial charge is 0.388 e. The van der Waals surface area contributed by atoms with Gasteiger partial charge in [-0.15, -0.1) is 0 Å². The molecule has 0 aromatic carbocycles. The molecule has 4 heterocycles. The lowest BCUT2D eigenvalue weighted by molar-refractivity contribution is -0.138. The number of pyridine rings is 2. The zero-order chi connectivity index (χ0) is 25.3. The summed E-state index contributed by atoms with van der Waals surface area (Å²) < 4.78 is 51.9. The highest BCUT2D eigenvalue weighted by Gasteiger charge is 2.54. The fourth-order valence-corrected chi connectivity index (χ4v) is 5.82. The van der Waals surface area contributed by atoms with E-state index in [1.807, 2.05) is 27.7 Å². The van der Waals surface area contributed by atoms with Crippen LogP contribution in [-0.2, 0) is 21.3 Å². The molecule has 0 radical (unpaired) electrons. The average Bonchev–Trinajstić information content (AvgIpc) is 3.10. The zero-order valence-electron chi connectivity index (χ0n) is 20.3. The van der Waals surface area contributed by atoms with Crippen LogP contribution in [0.1, 0.15) is 111 Å². The number of aromatic nitrogens is 2. The average molecular weight is 493 g/mol. The first-order chi connectivity index (χ1) is 16.4. The second-order valence-corrected chi connectivity index (χ2v) is 10.9. The molecule has 190 valence electrons. The number of aliphatic hydroxyl groups is 2. The maximum atomic E-state index is 13.2. The van der Waals surface area contributed by atoms with Crippen molar-refractivity contribution < 1.29 is 32.9 Å². The van der Waals surface area contributed by atoms with Gasteiger partial charge in [0.25, 0.3) is 0 Å². The van der Waals surface area contributed by atoms with Gasteiger partial charge in [0.05, 0.1) is 28.7 Å². The second-order valence-electron chi connectivity index (χ2n) is 10.9. The third-order valence-electron chi connectivity index (χ3n) is 7.67. The number of rotatable bonds is 2. The summed E-state index contributed by atoms with van der Waals surface area (Å²) in [5.41, 5.74) is 1.48. The number of ether oxygens (including phenoxy) is 2. The van der Waals surface area contributed by atoms with Crippen LogP contribution in [0.4, 0.5) is 13.2 Å². The Balaban J connectivity index is 1.76. The van der Waals surface area contributed by atoms with Gasteiger partial charge in [0.15, 0.2) is 0 Å². The summed E-state index contributed by atoms with van der Waals surface area (Å²) in [4.78, 5) is 9.05. The Labute approximate surface area is 202 Å². The van der Waals surface area contributed by atoms with Crippen LogP contribution < -0.4 is 0 Å². The molecule has 2 aromatic rings. The number of hydrogen-bond donors (Lipinski definition) is 2. The molecule has 2 aromatic heterocycles.